The van der Waals surface area contributed by atoms with Gasteiger partial charge in [-0.1, -0.05) is 0 Å². The third kappa shape index (κ3) is 3.06. The van der Waals surface area contributed by atoms with E-state index in [4.69, 9.17) is 5.11 Å². The van der Waals surface area contributed by atoms with Gasteiger partial charge in [-0.15, -0.1) is 0 Å². The SMILES string of the molecule is O=C(O)C(=O)CCCn1ccnc1. The molecule has 0 aliphatic rings. The van der Waals surface area contributed by atoms with Gasteiger partial charge < -0.3 is 9.67 Å². The van der Waals surface area contributed by atoms with Gasteiger partial charge in [0.15, 0.2) is 0 Å². The summed E-state index contributed by atoms with van der Waals surface area (Å²) < 4.78 is 1.80. The van der Waals surface area contributed by atoms with Crippen LogP contribution in [0.5, 0.6) is 0 Å². The van der Waals surface area contributed by atoms with Crippen molar-refractivity contribution >= 4 is 11.8 Å². The van der Waals surface area contributed by atoms with E-state index in [1.807, 2.05) is 0 Å². The highest BCUT2D eigenvalue weighted by Gasteiger charge is 2.09. The molecule has 5 heteroatoms. The van der Waals surface area contributed by atoms with Gasteiger partial charge in [-0.3, -0.25) is 4.79 Å². The van der Waals surface area contributed by atoms with Gasteiger partial charge >= 0.3 is 5.97 Å². The maximum absolute atomic E-state index is 10.6. The molecule has 1 aromatic heterocycles. The largest absolute Gasteiger partial charge is 0.476 e. The molecular formula is C8H10N2O3. The first-order chi connectivity index (χ1) is 6.20. The quantitative estimate of drug-likeness (QED) is 0.665. The van der Waals surface area contributed by atoms with Crippen LogP contribution >= 0.6 is 0 Å². The number of rotatable bonds is 5. The molecule has 0 bridgehead atoms. The molecule has 70 valence electrons. The van der Waals surface area contributed by atoms with Crippen LogP contribution in [0.1, 0.15) is 12.8 Å². The van der Waals surface area contributed by atoms with E-state index in [0.29, 0.717) is 13.0 Å². The second-order valence-corrected chi connectivity index (χ2v) is 2.63. The first-order valence-corrected chi connectivity index (χ1v) is 3.92. The molecule has 1 heterocycles. The number of ketones is 1. The molecule has 0 amide bonds. The van der Waals surface area contributed by atoms with Gasteiger partial charge in [0.25, 0.3) is 0 Å². The van der Waals surface area contributed by atoms with Crippen LogP contribution in [0.4, 0.5) is 0 Å². The van der Waals surface area contributed by atoms with Crippen LogP contribution in [0, 0.1) is 0 Å². The highest BCUT2D eigenvalue weighted by atomic mass is 16.4. The van der Waals surface area contributed by atoms with Crippen molar-refractivity contribution in [2.45, 2.75) is 19.4 Å². The van der Waals surface area contributed by atoms with Crippen LogP contribution in [0.25, 0.3) is 0 Å². The number of carboxylic acids is 1. The minimum atomic E-state index is -1.36. The Hall–Kier alpha value is -1.65. The lowest BCUT2D eigenvalue weighted by Gasteiger charge is -1.98. The first kappa shape index (κ1) is 9.44. The smallest absolute Gasteiger partial charge is 0.372 e. The molecule has 0 aliphatic heterocycles. The van der Waals surface area contributed by atoms with Crippen molar-refractivity contribution in [1.29, 1.82) is 0 Å². The van der Waals surface area contributed by atoms with Gasteiger partial charge in [0.2, 0.25) is 5.78 Å². The van der Waals surface area contributed by atoms with Crippen molar-refractivity contribution in [2.24, 2.45) is 0 Å². The highest BCUT2D eigenvalue weighted by molar-refractivity contribution is 6.32. The molecule has 13 heavy (non-hydrogen) atoms. The number of hydrogen-bond donors (Lipinski definition) is 1. The van der Waals surface area contributed by atoms with Gasteiger partial charge in [0.05, 0.1) is 6.33 Å². The number of carbonyl (C=O) groups is 2. The normalized spacial score (nSPS) is 9.85. The standard InChI is InChI=1S/C8H10N2O3/c11-7(8(12)13)2-1-4-10-5-3-9-6-10/h3,5-6H,1-2,4H2,(H,12,13). The molecule has 5 nitrogen and oxygen atoms in total. The molecule has 0 saturated carbocycles. The van der Waals surface area contributed by atoms with Crippen molar-refractivity contribution in [3.8, 4) is 0 Å². The van der Waals surface area contributed by atoms with Crippen LogP contribution in [-0.4, -0.2) is 26.4 Å². The summed E-state index contributed by atoms with van der Waals surface area (Å²) in [6, 6.07) is 0. The Morgan fingerprint density at radius 2 is 2.23 bits per heavy atom. The molecule has 0 radical (unpaired) electrons. The fourth-order valence-corrected chi connectivity index (χ4v) is 0.948. The van der Waals surface area contributed by atoms with Gasteiger partial charge in [0, 0.05) is 25.4 Å². The Bertz CT molecular complexity index is 292. The zero-order valence-corrected chi connectivity index (χ0v) is 7.01. The lowest BCUT2D eigenvalue weighted by molar-refractivity contribution is -0.149. The number of Topliss-reactive ketones (excluding diaryl/α,β-unsaturated/α-hetero) is 1. The van der Waals surface area contributed by atoms with Crippen LogP contribution in [0.3, 0.4) is 0 Å². The highest BCUT2D eigenvalue weighted by Crippen LogP contribution is 1.96. The minimum Gasteiger partial charge on any atom is -0.476 e. The van der Waals surface area contributed by atoms with Crippen molar-refractivity contribution in [1.82, 2.24) is 9.55 Å². The van der Waals surface area contributed by atoms with E-state index in [-0.39, 0.29) is 6.42 Å². The van der Waals surface area contributed by atoms with E-state index in [0.717, 1.165) is 0 Å². The average Bonchev–Trinajstić information content (AvgIpc) is 2.56. The Kier molecular flexibility index (Phi) is 3.19. The van der Waals surface area contributed by atoms with Crippen LogP contribution in [-0.2, 0) is 16.1 Å². The molecule has 0 atom stereocenters. The molecular weight excluding hydrogens is 172 g/mol. The third-order valence-corrected chi connectivity index (χ3v) is 1.62. The van der Waals surface area contributed by atoms with Gasteiger partial charge in [0.1, 0.15) is 0 Å². The number of aryl methyl sites for hydroxylation is 1. The zero-order chi connectivity index (χ0) is 9.68. The lowest BCUT2D eigenvalue weighted by Crippen LogP contribution is -2.12. The summed E-state index contributed by atoms with van der Waals surface area (Å²) in [6.45, 7) is 0.624. The number of carboxylic acid groups (broad SMARTS) is 1. The van der Waals surface area contributed by atoms with E-state index in [1.54, 1.807) is 23.3 Å². The zero-order valence-electron chi connectivity index (χ0n) is 7.01. The third-order valence-electron chi connectivity index (χ3n) is 1.62. The Morgan fingerprint density at radius 3 is 2.77 bits per heavy atom. The summed E-state index contributed by atoms with van der Waals surface area (Å²) in [5.41, 5.74) is 0. The topological polar surface area (TPSA) is 72.2 Å². The van der Waals surface area contributed by atoms with Crippen molar-refractivity contribution < 1.29 is 14.7 Å². The molecule has 0 aromatic carbocycles. The molecule has 1 aromatic rings. The number of aliphatic carboxylic acids is 1. The molecule has 0 unspecified atom stereocenters. The van der Waals surface area contributed by atoms with E-state index in [2.05, 4.69) is 4.98 Å². The lowest BCUT2D eigenvalue weighted by atomic mass is 10.2. The van der Waals surface area contributed by atoms with Crippen molar-refractivity contribution in [3.05, 3.63) is 18.7 Å². The Labute approximate surface area is 75.0 Å². The van der Waals surface area contributed by atoms with Crippen molar-refractivity contribution in [3.63, 3.8) is 0 Å². The summed E-state index contributed by atoms with van der Waals surface area (Å²) in [7, 11) is 0. The fourth-order valence-electron chi connectivity index (χ4n) is 0.948. The van der Waals surface area contributed by atoms with Crippen LogP contribution in [0.15, 0.2) is 18.7 Å². The second kappa shape index (κ2) is 4.39. The average molecular weight is 182 g/mol. The number of nitrogens with zero attached hydrogens (tertiary/aromatic N) is 2. The second-order valence-electron chi connectivity index (χ2n) is 2.63. The molecule has 0 spiro atoms. The van der Waals surface area contributed by atoms with E-state index in [1.165, 1.54) is 0 Å². The summed E-state index contributed by atoms with van der Waals surface area (Å²) >= 11 is 0. The molecule has 0 fully saturated rings. The van der Waals surface area contributed by atoms with Crippen LogP contribution in [0.2, 0.25) is 0 Å². The predicted octanol–water partition coefficient (Wildman–Crippen LogP) is 0.317. The maximum atomic E-state index is 10.6. The molecule has 0 saturated heterocycles. The maximum Gasteiger partial charge on any atom is 0.372 e. The number of imidazole rings is 1. The number of aromatic nitrogens is 2. The fraction of sp³-hybridized carbons (Fsp3) is 0.375. The number of hydrogen-bond acceptors (Lipinski definition) is 3. The minimum absolute atomic E-state index is 0.0769. The Morgan fingerprint density at radius 1 is 1.46 bits per heavy atom. The summed E-state index contributed by atoms with van der Waals surface area (Å²) in [5.74, 6) is -2.09. The van der Waals surface area contributed by atoms with Crippen LogP contribution < -0.4 is 0 Å². The summed E-state index contributed by atoms with van der Waals surface area (Å²) in [6.07, 6.45) is 5.64. The molecule has 0 aliphatic carbocycles. The first-order valence-electron chi connectivity index (χ1n) is 3.92. The Balaban J connectivity index is 2.22. The molecule has 1 N–H and O–H groups in total. The molecule has 1 rings (SSSR count). The van der Waals surface area contributed by atoms with E-state index >= 15 is 0 Å². The summed E-state index contributed by atoms with van der Waals surface area (Å²) in [5, 5.41) is 8.27. The van der Waals surface area contributed by atoms with E-state index in [9.17, 15) is 9.59 Å². The summed E-state index contributed by atoms with van der Waals surface area (Å²) in [4.78, 5) is 24.6. The van der Waals surface area contributed by atoms with Crippen molar-refractivity contribution in [2.75, 3.05) is 0 Å². The monoisotopic (exact) mass is 182 g/mol. The van der Waals surface area contributed by atoms with Gasteiger partial charge in [-0.25, -0.2) is 9.78 Å². The van der Waals surface area contributed by atoms with Gasteiger partial charge in [-0.05, 0) is 6.42 Å². The number of carbonyl (C=O) groups excluding carboxylic acids is 1. The predicted molar refractivity (Wildman–Crippen MR) is 44.1 cm³/mol. The van der Waals surface area contributed by atoms with E-state index < -0.39 is 11.8 Å². The van der Waals surface area contributed by atoms with Gasteiger partial charge in [-0.2, -0.15) is 0 Å².